The van der Waals surface area contributed by atoms with Crippen LogP contribution >= 0.6 is 0 Å². The van der Waals surface area contributed by atoms with Crippen molar-refractivity contribution in [3.8, 4) is 0 Å². The molecule has 0 bridgehead atoms. The first-order valence-electron chi connectivity index (χ1n) is 6.79. The summed E-state index contributed by atoms with van der Waals surface area (Å²) < 4.78 is 1.09. The van der Waals surface area contributed by atoms with Gasteiger partial charge in [-0.15, -0.1) is 5.10 Å². The lowest BCUT2D eigenvalue weighted by Gasteiger charge is -2.02. The lowest BCUT2D eigenvalue weighted by atomic mass is 10.1. The number of aryl methyl sites for hydroxylation is 1. The summed E-state index contributed by atoms with van der Waals surface area (Å²) in [5, 5.41) is 7.13. The van der Waals surface area contributed by atoms with E-state index in [-0.39, 0.29) is 17.8 Å². The van der Waals surface area contributed by atoms with Crippen LogP contribution in [-0.2, 0) is 0 Å². The first kappa shape index (κ1) is 13.8. The summed E-state index contributed by atoms with van der Waals surface area (Å²) in [7, 11) is 0. The molecule has 0 radical (unpaired) electrons. The average Bonchev–Trinajstić information content (AvgIpc) is 2.89. The third kappa shape index (κ3) is 2.80. The quantitative estimate of drug-likeness (QED) is 0.775. The molecule has 22 heavy (non-hydrogen) atoms. The molecule has 0 saturated carbocycles. The van der Waals surface area contributed by atoms with Gasteiger partial charge in [0.25, 0.3) is 5.91 Å². The topological polar surface area (TPSA) is 85.8 Å². The van der Waals surface area contributed by atoms with Crippen LogP contribution in [0.2, 0.25) is 0 Å². The second kappa shape index (κ2) is 5.69. The molecule has 3 N–H and O–H groups in total. The zero-order chi connectivity index (χ0) is 15.5. The molecule has 0 atom stereocenters. The van der Waals surface area contributed by atoms with Crippen molar-refractivity contribution in [2.75, 3.05) is 11.1 Å². The van der Waals surface area contributed by atoms with Gasteiger partial charge >= 0.3 is 0 Å². The van der Waals surface area contributed by atoms with E-state index in [0.717, 1.165) is 15.9 Å². The van der Waals surface area contributed by atoms with E-state index in [1.807, 2.05) is 49.4 Å². The molecule has 1 aromatic heterocycles. The van der Waals surface area contributed by atoms with Crippen LogP contribution in [0.15, 0.2) is 54.6 Å². The molecule has 0 fully saturated rings. The highest BCUT2D eigenvalue weighted by molar-refractivity contribution is 5.96. The van der Waals surface area contributed by atoms with Crippen LogP contribution in [0.3, 0.4) is 0 Å². The summed E-state index contributed by atoms with van der Waals surface area (Å²) in [5.74, 6) is 0.0132. The maximum atomic E-state index is 12.4. The van der Waals surface area contributed by atoms with Crippen molar-refractivity contribution in [3.05, 3.63) is 65.7 Å². The van der Waals surface area contributed by atoms with Crippen molar-refractivity contribution in [3.63, 3.8) is 0 Å². The van der Waals surface area contributed by atoms with Gasteiger partial charge in [0.2, 0.25) is 11.9 Å². The van der Waals surface area contributed by atoms with E-state index in [0.29, 0.717) is 5.56 Å². The van der Waals surface area contributed by atoms with Crippen molar-refractivity contribution < 1.29 is 4.79 Å². The molecule has 0 saturated heterocycles. The maximum Gasteiger partial charge on any atom is 0.281 e. The van der Waals surface area contributed by atoms with Gasteiger partial charge < -0.3 is 11.1 Å². The van der Waals surface area contributed by atoms with E-state index in [4.69, 9.17) is 5.73 Å². The average molecular weight is 293 g/mol. The highest BCUT2D eigenvalue weighted by atomic mass is 16.2. The fourth-order valence-electron chi connectivity index (χ4n) is 2.00. The summed E-state index contributed by atoms with van der Waals surface area (Å²) >= 11 is 0. The Morgan fingerprint density at radius 3 is 2.45 bits per heavy atom. The van der Waals surface area contributed by atoms with E-state index < -0.39 is 0 Å². The number of aromatic nitrogens is 3. The van der Waals surface area contributed by atoms with Gasteiger partial charge in [-0.2, -0.15) is 9.67 Å². The van der Waals surface area contributed by atoms with Crippen LogP contribution in [0.1, 0.15) is 15.9 Å². The van der Waals surface area contributed by atoms with E-state index in [2.05, 4.69) is 15.4 Å². The number of nitrogens with zero attached hydrogens (tertiary/aromatic N) is 3. The Balaban J connectivity index is 1.86. The Labute approximate surface area is 127 Å². The summed E-state index contributed by atoms with van der Waals surface area (Å²) in [4.78, 5) is 16.5. The van der Waals surface area contributed by atoms with Crippen LogP contribution < -0.4 is 11.1 Å². The first-order chi connectivity index (χ1) is 10.6. The maximum absolute atomic E-state index is 12.4. The zero-order valence-electron chi connectivity index (χ0n) is 12.0. The molecule has 3 rings (SSSR count). The van der Waals surface area contributed by atoms with E-state index in [1.54, 1.807) is 12.1 Å². The normalized spacial score (nSPS) is 10.4. The number of hydrogen-bond donors (Lipinski definition) is 2. The van der Waals surface area contributed by atoms with E-state index in [9.17, 15) is 4.79 Å². The molecule has 0 aliphatic heterocycles. The molecular formula is C16H15N5O. The Kier molecular flexibility index (Phi) is 3.57. The minimum atomic E-state index is -0.314. The fourth-order valence-corrected chi connectivity index (χ4v) is 2.00. The number of anilines is 3. The number of carbonyl (C=O) groups excluding carboxylic acids is 1. The van der Waals surface area contributed by atoms with Crippen LogP contribution in [0, 0.1) is 6.92 Å². The SMILES string of the molecule is Cc1ccc(C(=O)n2nc(Nc3ccccc3)nc2N)cc1. The Morgan fingerprint density at radius 1 is 1.09 bits per heavy atom. The Hall–Kier alpha value is -3.15. The number of benzene rings is 2. The Bertz CT molecular complexity index is 793. The van der Waals surface area contributed by atoms with Gasteiger partial charge in [0.1, 0.15) is 0 Å². The molecular weight excluding hydrogens is 278 g/mol. The minimum absolute atomic E-state index is 0.0454. The van der Waals surface area contributed by atoms with Crippen molar-refractivity contribution in [2.45, 2.75) is 6.92 Å². The second-order valence-corrected chi connectivity index (χ2v) is 4.87. The molecule has 2 aromatic carbocycles. The van der Waals surface area contributed by atoms with Crippen LogP contribution in [-0.4, -0.2) is 20.7 Å². The second-order valence-electron chi connectivity index (χ2n) is 4.87. The van der Waals surface area contributed by atoms with Gasteiger partial charge in [0.15, 0.2) is 0 Å². The lowest BCUT2D eigenvalue weighted by molar-refractivity contribution is 0.0948. The standard InChI is InChI=1S/C16H15N5O/c1-11-7-9-12(10-8-11)14(22)21-15(17)19-16(20-21)18-13-5-3-2-4-6-13/h2-10H,1H3,(H3,17,18,19,20). The predicted molar refractivity (Wildman–Crippen MR) is 85.1 cm³/mol. The third-order valence-electron chi connectivity index (χ3n) is 3.15. The molecule has 3 aromatic rings. The van der Waals surface area contributed by atoms with Crippen LogP contribution in [0.25, 0.3) is 0 Å². The number of nitrogens with two attached hydrogens (primary N) is 1. The monoisotopic (exact) mass is 293 g/mol. The van der Waals surface area contributed by atoms with Gasteiger partial charge in [-0.25, -0.2) is 0 Å². The summed E-state index contributed by atoms with van der Waals surface area (Å²) in [6.45, 7) is 1.96. The molecule has 6 nitrogen and oxygen atoms in total. The Morgan fingerprint density at radius 2 is 1.77 bits per heavy atom. The van der Waals surface area contributed by atoms with E-state index in [1.165, 1.54) is 0 Å². The highest BCUT2D eigenvalue weighted by Crippen LogP contribution is 2.15. The molecule has 0 spiro atoms. The number of hydrogen-bond acceptors (Lipinski definition) is 5. The van der Waals surface area contributed by atoms with Gasteiger partial charge in [-0.05, 0) is 31.2 Å². The minimum Gasteiger partial charge on any atom is -0.368 e. The number of carbonyl (C=O) groups is 1. The van der Waals surface area contributed by atoms with Crippen LogP contribution in [0.5, 0.6) is 0 Å². The summed E-state index contributed by atoms with van der Waals surface area (Å²) in [5.41, 5.74) is 8.20. The highest BCUT2D eigenvalue weighted by Gasteiger charge is 2.15. The number of nitrogen functional groups attached to an aromatic ring is 1. The zero-order valence-corrected chi connectivity index (χ0v) is 12.0. The van der Waals surface area contributed by atoms with Gasteiger partial charge in [-0.3, -0.25) is 4.79 Å². The molecule has 0 unspecified atom stereocenters. The largest absolute Gasteiger partial charge is 0.368 e. The van der Waals surface area contributed by atoms with Crippen molar-refractivity contribution in [2.24, 2.45) is 0 Å². The molecule has 0 aliphatic carbocycles. The van der Waals surface area contributed by atoms with Crippen LogP contribution in [0.4, 0.5) is 17.6 Å². The lowest BCUT2D eigenvalue weighted by Crippen LogP contribution is -2.16. The summed E-state index contributed by atoms with van der Waals surface area (Å²) in [6.07, 6.45) is 0. The van der Waals surface area contributed by atoms with Gasteiger partial charge in [0.05, 0.1) is 0 Å². The molecule has 0 aliphatic rings. The van der Waals surface area contributed by atoms with Crippen molar-refractivity contribution in [1.82, 2.24) is 14.8 Å². The predicted octanol–water partition coefficient (Wildman–Crippen LogP) is 2.60. The molecule has 0 amide bonds. The van der Waals surface area contributed by atoms with E-state index >= 15 is 0 Å². The number of para-hydroxylation sites is 1. The third-order valence-corrected chi connectivity index (χ3v) is 3.15. The summed E-state index contributed by atoms with van der Waals surface area (Å²) in [6, 6.07) is 16.6. The van der Waals surface area contributed by atoms with Crippen molar-refractivity contribution in [1.29, 1.82) is 0 Å². The van der Waals surface area contributed by atoms with Gasteiger partial charge in [0, 0.05) is 11.3 Å². The van der Waals surface area contributed by atoms with Crippen molar-refractivity contribution >= 4 is 23.5 Å². The fraction of sp³-hybridized carbons (Fsp3) is 0.0625. The number of nitrogens with one attached hydrogen (secondary N) is 1. The molecule has 110 valence electrons. The molecule has 6 heteroatoms. The first-order valence-corrected chi connectivity index (χ1v) is 6.79. The smallest absolute Gasteiger partial charge is 0.281 e. The number of rotatable bonds is 3. The van der Waals surface area contributed by atoms with Gasteiger partial charge in [-0.1, -0.05) is 35.9 Å². The molecule has 1 heterocycles.